The number of amides is 1. The standard InChI is InChI=1S/C26H33N3O/c27-15-19-8-9-23-22(13-19)7-4-11-26(23)17-28-16-24(26)25-14-21(10-12-29(25)18-30)20-5-2-1-3-6-20/h1-3,5-6,8-9,13,18,21,24-25,28H,4,7,10-12,14-17,27H2/t21?,24-,25?,26-/m0/s1. The van der Waals surface area contributed by atoms with E-state index in [-0.39, 0.29) is 11.5 Å². The second-order valence-electron chi connectivity index (χ2n) is 9.49. The third-order valence-corrected chi connectivity index (χ3v) is 8.08. The quantitative estimate of drug-likeness (QED) is 0.770. The smallest absolute Gasteiger partial charge is 0.209 e. The summed E-state index contributed by atoms with van der Waals surface area (Å²) < 4.78 is 0. The molecule has 158 valence electrons. The minimum Gasteiger partial charge on any atom is -0.342 e. The second-order valence-corrected chi connectivity index (χ2v) is 9.49. The number of nitrogens with zero attached hydrogens (tertiary/aromatic N) is 1. The molecule has 1 aliphatic carbocycles. The highest BCUT2D eigenvalue weighted by atomic mass is 16.1. The maximum absolute atomic E-state index is 12.1. The van der Waals surface area contributed by atoms with Gasteiger partial charge in [0.2, 0.25) is 6.41 Å². The molecule has 2 aromatic carbocycles. The van der Waals surface area contributed by atoms with E-state index in [1.54, 1.807) is 0 Å². The number of fused-ring (bicyclic) bond motifs is 2. The van der Waals surface area contributed by atoms with E-state index >= 15 is 0 Å². The lowest BCUT2D eigenvalue weighted by Crippen LogP contribution is -2.52. The number of rotatable bonds is 4. The van der Waals surface area contributed by atoms with E-state index < -0.39 is 0 Å². The molecule has 0 aromatic heterocycles. The summed E-state index contributed by atoms with van der Waals surface area (Å²) in [6.45, 7) is 3.47. The number of carbonyl (C=O) groups is 1. The van der Waals surface area contributed by atoms with Crippen molar-refractivity contribution in [1.82, 2.24) is 10.2 Å². The molecule has 0 radical (unpaired) electrons. The number of piperidine rings is 1. The van der Waals surface area contributed by atoms with Gasteiger partial charge < -0.3 is 16.0 Å². The van der Waals surface area contributed by atoms with Gasteiger partial charge in [-0.3, -0.25) is 4.79 Å². The molecular weight excluding hydrogens is 370 g/mol. The van der Waals surface area contributed by atoms with Crippen molar-refractivity contribution in [3.63, 3.8) is 0 Å². The molecule has 1 amide bonds. The van der Waals surface area contributed by atoms with Crippen LogP contribution < -0.4 is 11.1 Å². The monoisotopic (exact) mass is 403 g/mol. The fraction of sp³-hybridized carbons (Fsp3) is 0.500. The van der Waals surface area contributed by atoms with Gasteiger partial charge >= 0.3 is 0 Å². The van der Waals surface area contributed by atoms with Gasteiger partial charge in [-0.05, 0) is 60.3 Å². The Kier molecular flexibility index (Phi) is 5.38. The number of hydrogen-bond donors (Lipinski definition) is 2. The van der Waals surface area contributed by atoms with Gasteiger partial charge in [0, 0.05) is 43.6 Å². The van der Waals surface area contributed by atoms with E-state index in [9.17, 15) is 4.79 Å². The van der Waals surface area contributed by atoms with Crippen molar-refractivity contribution in [2.75, 3.05) is 19.6 Å². The molecule has 2 heterocycles. The average Bonchev–Trinajstić information content (AvgIpc) is 3.22. The molecule has 2 aromatic rings. The Balaban J connectivity index is 1.50. The molecule has 1 spiro atoms. The molecule has 30 heavy (non-hydrogen) atoms. The first-order valence-corrected chi connectivity index (χ1v) is 11.5. The Morgan fingerprint density at radius 1 is 1.20 bits per heavy atom. The summed E-state index contributed by atoms with van der Waals surface area (Å²) in [6, 6.07) is 18.1. The van der Waals surface area contributed by atoms with Crippen LogP contribution in [0.1, 0.15) is 53.9 Å². The zero-order valence-corrected chi connectivity index (χ0v) is 17.7. The predicted octanol–water partition coefficient (Wildman–Crippen LogP) is 3.34. The van der Waals surface area contributed by atoms with Gasteiger partial charge in [0.1, 0.15) is 0 Å². The van der Waals surface area contributed by atoms with Crippen molar-refractivity contribution >= 4 is 6.41 Å². The van der Waals surface area contributed by atoms with Crippen LogP contribution in [0.4, 0.5) is 0 Å². The first-order chi connectivity index (χ1) is 14.7. The molecule has 2 aliphatic heterocycles. The zero-order chi connectivity index (χ0) is 20.6. The van der Waals surface area contributed by atoms with Crippen molar-refractivity contribution in [2.45, 2.75) is 56.0 Å². The Morgan fingerprint density at radius 2 is 2.07 bits per heavy atom. The third kappa shape index (κ3) is 3.27. The molecule has 4 nitrogen and oxygen atoms in total. The Labute approximate surface area is 179 Å². The van der Waals surface area contributed by atoms with Gasteiger partial charge in [-0.15, -0.1) is 0 Å². The second kappa shape index (κ2) is 8.16. The van der Waals surface area contributed by atoms with Crippen LogP contribution in [0.2, 0.25) is 0 Å². The van der Waals surface area contributed by atoms with Crippen LogP contribution in [0.25, 0.3) is 0 Å². The number of nitrogens with one attached hydrogen (secondary N) is 1. The van der Waals surface area contributed by atoms with Gasteiger partial charge in [0.25, 0.3) is 0 Å². The molecule has 2 saturated heterocycles. The topological polar surface area (TPSA) is 58.4 Å². The lowest BCUT2D eigenvalue weighted by molar-refractivity contribution is -0.123. The Morgan fingerprint density at radius 3 is 2.87 bits per heavy atom. The number of hydrogen-bond acceptors (Lipinski definition) is 3. The predicted molar refractivity (Wildman–Crippen MR) is 120 cm³/mol. The van der Waals surface area contributed by atoms with E-state index in [0.29, 0.717) is 18.4 Å². The summed E-state index contributed by atoms with van der Waals surface area (Å²) in [5.74, 6) is 0.990. The van der Waals surface area contributed by atoms with Gasteiger partial charge in [0.15, 0.2) is 0 Å². The molecule has 4 atom stereocenters. The maximum Gasteiger partial charge on any atom is 0.209 e. The molecule has 0 saturated carbocycles. The highest BCUT2D eigenvalue weighted by Gasteiger charge is 2.51. The van der Waals surface area contributed by atoms with E-state index in [0.717, 1.165) is 45.3 Å². The Hall–Kier alpha value is -2.17. The van der Waals surface area contributed by atoms with Crippen molar-refractivity contribution < 1.29 is 4.79 Å². The van der Waals surface area contributed by atoms with Crippen molar-refractivity contribution in [3.8, 4) is 0 Å². The van der Waals surface area contributed by atoms with E-state index in [4.69, 9.17) is 5.73 Å². The first kappa shape index (κ1) is 19.8. The summed E-state index contributed by atoms with van der Waals surface area (Å²) in [5.41, 5.74) is 11.7. The van der Waals surface area contributed by atoms with Gasteiger partial charge in [-0.1, -0.05) is 48.5 Å². The fourth-order valence-corrected chi connectivity index (χ4v) is 6.62. The van der Waals surface area contributed by atoms with Crippen LogP contribution in [0.5, 0.6) is 0 Å². The van der Waals surface area contributed by atoms with Gasteiger partial charge in [0.05, 0.1) is 0 Å². The van der Waals surface area contributed by atoms with Crippen molar-refractivity contribution in [3.05, 3.63) is 70.8 Å². The summed E-state index contributed by atoms with van der Waals surface area (Å²) in [4.78, 5) is 14.2. The fourth-order valence-electron chi connectivity index (χ4n) is 6.62. The van der Waals surface area contributed by atoms with Crippen LogP contribution in [0.15, 0.2) is 48.5 Å². The van der Waals surface area contributed by atoms with Crippen LogP contribution in [-0.4, -0.2) is 37.0 Å². The lowest BCUT2D eigenvalue weighted by Gasteiger charge is -2.48. The minimum absolute atomic E-state index is 0.130. The SMILES string of the molecule is NCc1ccc2c(c1)CCC[C@]21CNC[C@H]1C1CC(c2ccccc2)CCN1C=O. The molecule has 3 N–H and O–H groups in total. The third-order valence-electron chi connectivity index (χ3n) is 8.08. The molecule has 2 fully saturated rings. The number of likely N-dealkylation sites (tertiary alicyclic amines) is 1. The molecule has 0 bridgehead atoms. The Bertz CT molecular complexity index is 898. The van der Waals surface area contributed by atoms with Crippen LogP contribution in [0, 0.1) is 5.92 Å². The number of benzene rings is 2. The minimum atomic E-state index is 0.130. The zero-order valence-electron chi connectivity index (χ0n) is 17.7. The van der Waals surface area contributed by atoms with Crippen LogP contribution in [-0.2, 0) is 23.2 Å². The van der Waals surface area contributed by atoms with Crippen molar-refractivity contribution in [2.24, 2.45) is 11.7 Å². The first-order valence-electron chi connectivity index (χ1n) is 11.5. The maximum atomic E-state index is 12.1. The van der Waals surface area contributed by atoms with E-state index in [1.165, 1.54) is 35.1 Å². The normalized spacial score (nSPS) is 31.0. The summed E-state index contributed by atoms with van der Waals surface area (Å²) in [6.07, 6.45) is 6.80. The van der Waals surface area contributed by atoms with Gasteiger partial charge in [-0.25, -0.2) is 0 Å². The van der Waals surface area contributed by atoms with E-state index in [2.05, 4.69) is 58.7 Å². The molecule has 3 aliphatic rings. The molecule has 2 unspecified atom stereocenters. The van der Waals surface area contributed by atoms with Crippen LogP contribution in [0.3, 0.4) is 0 Å². The van der Waals surface area contributed by atoms with Gasteiger partial charge in [-0.2, -0.15) is 0 Å². The number of carbonyl (C=O) groups excluding carboxylic acids is 1. The summed E-state index contributed by atoms with van der Waals surface area (Å²) >= 11 is 0. The van der Waals surface area contributed by atoms with Crippen LogP contribution >= 0.6 is 0 Å². The largest absolute Gasteiger partial charge is 0.342 e. The highest BCUT2D eigenvalue weighted by Crippen LogP contribution is 2.49. The van der Waals surface area contributed by atoms with Crippen molar-refractivity contribution in [1.29, 1.82) is 0 Å². The highest BCUT2D eigenvalue weighted by molar-refractivity contribution is 5.49. The average molecular weight is 404 g/mol. The van der Waals surface area contributed by atoms with E-state index in [1.807, 2.05) is 0 Å². The lowest BCUT2D eigenvalue weighted by atomic mass is 9.61. The number of nitrogens with two attached hydrogens (primary N) is 1. The summed E-state index contributed by atoms with van der Waals surface area (Å²) in [7, 11) is 0. The number of aryl methyl sites for hydroxylation is 1. The molecule has 5 rings (SSSR count). The molecular formula is C26H33N3O. The summed E-state index contributed by atoms with van der Waals surface area (Å²) in [5, 5.41) is 3.73. The molecule has 4 heteroatoms.